The summed E-state index contributed by atoms with van der Waals surface area (Å²) in [5.41, 5.74) is 0. The Morgan fingerprint density at radius 3 is 2.56 bits per heavy atom. The molecule has 1 aromatic rings. The van der Waals surface area contributed by atoms with Crippen LogP contribution in [0.2, 0.25) is 0 Å². The lowest BCUT2D eigenvalue weighted by molar-refractivity contribution is 0.747. The molecule has 4 nitrogen and oxygen atoms in total. The van der Waals surface area contributed by atoms with E-state index in [1.807, 2.05) is 0 Å². The Bertz CT molecular complexity index is 399. The van der Waals surface area contributed by atoms with E-state index in [2.05, 4.69) is 49.0 Å². The fourth-order valence-electron chi connectivity index (χ4n) is 2.12. The molecule has 2 rings (SSSR count). The van der Waals surface area contributed by atoms with E-state index >= 15 is 0 Å². The third-order valence-electron chi connectivity index (χ3n) is 3.23. The van der Waals surface area contributed by atoms with Gasteiger partial charge >= 0.3 is 0 Å². The highest BCUT2D eigenvalue weighted by molar-refractivity contribution is 5.51. The van der Waals surface area contributed by atoms with Gasteiger partial charge in [0.25, 0.3) is 0 Å². The number of anilines is 2. The van der Waals surface area contributed by atoms with Gasteiger partial charge in [-0.3, -0.25) is 0 Å². The van der Waals surface area contributed by atoms with Gasteiger partial charge in [-0.25, -0.2) is 9.97 Å². The lowest BCUT2D eigenvalue weighted by atomic mass is 10.2. The number of nitrogens with one attached hydrogen (secondary N) is 1. The van der Waals surface area contributed by atoms with E-state index in [0.29, 0.717) is 12.0 Å². The molecule has 0 spiro atoms. The molecular formula is C14H24N4. The van der Waals surface area contributed by atoms with Crippen molar-refractivity contribution in [3.05, 3.63) is 11.9 Å². The van der Waals surface area contributed by atoms with E-state index in [-0.39, 0.29) is 0 Å². The van der Waals surface area contributed by atoms with Crippen LogP contribution in [0.3, 0.4) is 0 Å². The predicted octanol–water partition coefficient (Wildman–Crippen LogP) is 3.02. The summed E-state index contributed by atoms with van der Waals surface area (Å²) in [6.07, 6.45) is 2.59. The standard InChI is InChI=1S/C14H24N4/c1-5-15-12-9-13(17-14(16-12)10(3)4)18(6-2)11-7-8-11/h9-11H,5-8H2,1-4H3,(H,15,16,17). The van der Waals surface area contributed by atoms with E-state index < -0.39 is 0 Å². The number of hydrogen-bond donors (Lipinski definition) is 1. The molecule has 100 valence electrons. The SMILES string of the molecule is CCNc1cc(N(CC)C2CC2)nc(C(C)C)n1. The van der Waals surface area contributed by atoms with Crippen molar-refractivity contribution in [3.63, 3.8) is 0 Å². The van der Waals surface area contributed by atoms with Crippen LogP contribution in [0.1, 0.15) is 52.3 Å². The number of nitrogens with zero attached hydrogens (tertiary/aromatic N) is 3. The van der Waals surface area contributed by atoms with Crippen LogP contribution in [-0.2, 0) is 0 Å². The zero-order valence-corrected chi connectivity index (χ0v) is 11.9. The molecule has 0 atom stereocenters. The van der Waals surface area contributed by atoms with E-state index in [1.54, 1.807) is 0 Å². The molecule has 0 unspecified atom stereocenters. The van der Waals surface area contributed by atoms with E-state index in [0.717, 1.165) is 30.5 Å². The molecule has 1 aromatic heterocycles. The van der Waals surface area contributed by atoms with E-state index in [4.69, 9.17) is 4.98 Å². The minimum Gasteiger partial charge on any atom is -0.370 e. The molecular weight excluding hydrogens is 224 g/mol. The van der Waals surface area contributed by atoms with Crippen LogP contribution in [0, 0.1) is 0 Å². The van der Waals surface area contributed by atoms with Crippen molar-refractivity contribution in [2.24, 2.45) is 0 Å². The van der Waals surface area contributed by atoms with E-state index in [1.165, 1.54) is 12.8 Å². The fraction of sp³-hybridized carbons (Fsp3) is 0.714. The van der Waals surface area contributed by atoms with Gasteiger partial charge in [0.15, 0.2) is 0 Å². The largest absolute Gasteiger partial charge is 0.370 e. The van der Waals surface area contributed by atoms with Crippen molar-refractivity contribution in [2.45, 2.75) is 52.5 Å². The molecule has 1 heterocycles. The van der Waals surface area contributed by atoms with Crippen LogP contribution in [-0.4, -0.2) is 29.1 Å². The van der Waals surface area contributed by atoms with Crippen LogP contribution in [0.5, 0.6) is 0 Å². The Morgan fingerprint density at radius 1 is 1.33 bits per heavy atom. The maximum atomic E-state index is 4.72. The van der Waals surface area contributed by atoms with Crippen LogP contribution < -0.4 is 10.2 Å². The predicted molar refractivity (Wildman–Crippen MR) is 76.3 cm³/mol. The van der Waals surface area contributed by atoms with Crippen LogP contribution in [0.15, 0.2) is 6.07 Å². The van der Waals surface area contributed by atoms with Gasteiger partial charge in [-0.2, -0.15) is 0 Å². The summed E-state index contributed by atoms with van der Waals surface area (Å²) < 4.78 is 0. The van der Waals surface area contributed by atoms with Gasteiger partial charge in [0, 0.05) is 31.1 Å². The Labute approximate surface area is 110 Å². The first-order chi connectivity index (χ1) is 8.65. The van der Waals surface area contributed by atoms with Crippen LogP contribution in [0.25, 0.3) is 0 Å². The molecule has 1 aliphatic carbocycles. The second kappa shape index (κ2) is 5.55. The number of hydrogen-bond acceptors (Lipinski definition) is 4. The summed E-state index contributed by atoms with van der Waals surface area (Å²) in [6, 6.07) is 2.77. The first-order valence-corrected chi connectivity index (χ1v) is 7.05. The lowest BCUT2D eigenvalue weighted by Gasteiger charge is -2.23. The molecule has 0 saturated heterocycles. The van der Waals surface area contributed by atoms with Gasteiger partial charge in [-0.1, -0.05) is 13.8 Å². The Kier molecular flexibility index (Phi) is 4.04. The number of rotatable bonds is 6. The van der Waals surface area contributed by atoms with Crippen molar-refractivity contribution >= 4 is 11.6 Å². The maximum absolute atomic E-state index is 4.72. The van der Waals surface area contributed by atoms with Gasteiger partial charge in [0.2, 0.25) is 0 Å². The van der Waals surface area contributed by atoms with Gasteiger partial charge in [0.05, 0.1) is 0 Å². The molecule has 0 radical (unpaired) electrons. The molecule has 1 aliphatic rings. The zero-order chi connectivity index (χ0) is 13.1. The highest BCUT2D eigenvalue weighted by Gasteiger charge is 2.29. The second-order valence-electron chi connectivity index (χ2n) is 5.17. The third-order valence-corrected chi connectivity index (χ3v) is 3.23. The highest BCUT2D eigenvalue weighted by atomic mass is 15.2. The smallest absolute Gasteiger partial charge is 0.135 e. The van der Waals surface area contributed by atoms with Crippen molar-refractivity contribution in [3.8, 4) is 0 Å². The second-order valence-corrected chi connectivity index (χ2v) is 5.17. The summed E-state index contributed by atoms with van der Waals surface area (Å²) >= 11 is 0. The van der Waals surface area contributed by atoms with Crippen molar-refractivity contribution < 1.29 is 0 Å². The molecule has 1 saturated carbocycles. The summed E-state index contributed by atoms with van der Waals surface area (Å²) in [5, 5.41) is 3.30. The summed E-state index contributed by atoms with van der Waals surface area (Å²) in [5.74, 6) is 3.32. The Balaban J connectivity index is 2.31. The quantitative estimate of drug-likeness (QED) is 0.840. The summed E-state index contributed by atoms with van der Waals surface area (Å²) in [4.78, 5) is 11.7. The topological polar surface area (TPSA) is 41.0 Å². The van der Waals surface area contributed by atoms with Crippen LogP contribution >= 0.6 is 0 Å². The molecule has 1 N–H and O–H groups in total. The van der Waals surface area contributed by atoms with Crippen molar-refractivity contribution in [2.75, 3.05) is 23.3 Å². The van der Waals surface area contributed by atoms with Crippen molar-refractivity contribution in [1.82, 2.24) is 9.97 Å². The minimum atomic E-state index is 0.361. The first kappa shape index (κ1) is 13.1. The average molecular weight is 248 g/mol. The normalized spacial score (nSPS) is 14.9. The molecule has 0 amide bonds. The zero-order valence-electron chi connectivity index (χ0n) is 11.9. The number of aromatic nitrogens is 2. The van der Waals surface area contributed by atoms with Gasteiger partial charge in [0.1, 0.15) is 17.5 Å². The highest BCUT2D eigenvalue weighted by Crippen LogP contribution is 2.31. The molecule has 0 aliphatic heterocycles. The van der Waals surface area contributed by atoms with Gasteiger partial charge < -0.3 is 10.2 Å². The maximum Gasteiger partial charge on any atom is 0.135 e. The molecule has 1 fully saturated rings. The van der Waals surface area contributed by atoms with E-state index in [9.17, 15) is 0 Å². The fourth-order valence-corrected chi connectivity index (χ4v) is 2.12. The average Bonchev–Trinajstić information content (AvgIpc) is 3.14. The first-order valence-electron chi connectivity index (χ1n) is 7.05. The van der Waals surface area contributed by atoms with Gasteiger partial charge in [-0.15, -0.1) is 0 Å². The monoisotopic (exact) mass is 248 g/mol. The summed E-state index contributed by atoms with van der Waals surface area (Å²) in [7, 11) is 0. The molecule has 4 heteroatoms. The van der Waals surface area contributed by atoms with Gasteiger partial charge in [-0.05, 0) is 26.7 Å². The third kappa shape index (κ3) is 2.92. The van der Waals surface area contributed by atoms with Crippen LogP contribution in [0.4, 0.5) is 11.6 Å². The molecule has 0 aromatic carbocycles. The lowest BCUT2D eigenvalue weighted by Crippen LogP contribution is -2.26. The Hall–Kier alpha value is -1.32. The Morgan fingerprint density at radius 2 is 2.06 bits per heavy atom. The summed E-state index contributed by atoms with van der Waals surface area (Å²) in [6.45, 7) is 10.5. The molecule has 0 bridgehead atoms. The minimum absolute atomic E-state index is 0.361. The van der Waals surface area contributed by atoms with Crippen molar-refractivity contribution in [1.29, 1.82) is 0 Å². The molecule has 18 heavy (non-hydrogen) atoms.